The van der Waals surface area contributed by atoms with E-state index in [0.717, 1.165) is 18.7 Å². The van der Waals surface area contributed by atoms with Crippen molar-refractivity contribution in [2.45, 2.75) is 32.6 Å². The highest BCUT2D eigenvalue weighted by atomic mass is 35.5. The van der Waals surface area contributed by atoms with Crippen LogP contribution < -0.4 is 10.6 Å². The molecule has 0 saturated heterocycles. The quantitative estimate of drug-likeness (QED) is 0.580. The third-order valence-corrected chi connectivity index (χ3v) is 3.30. The largest absolute Gasteiger partial charge is 0.362 e. The summed E-state index contributed by atoms with van der Waals surface area (Å²) >= 11 is 17.1. The Labute approximate surface area is 124 Å². The highest BCUT2D eigenvalue weighted by molar-refractivity contribution is 7.80. The third-order valence-electron chi connectivity index (χ3n) is 2.49. The second-order valence-corrected chi connectivity index (χ2v) is 5.32. The van der Waals surface area contributed by atoms with Crippen LogP contribution in [0.1, 0.15) is 32.6 Å². The fourth-order valence-corrected chi connectivity index (χ4v) is 2.06. The van der Waals surface area contributed by atoms with Gasteiger partial charge in [0, 0.05) is 11.6 Å². The molecule has 0 heterocycles. The van der Waals surface area contributed by atoms with Crippen molar-refractivity contribution >= 4 is 46.2 Å². The lowest BCUT2D eigenvalue weighted by Gasteiger charge is -2.11. The Morgan fingerprint density at radius 1 is 1.22 bits per heavy atom. The van der Waals surface area contributed by atoms with Crippen molar-refractivity contribution in [1.82, 2.24) is 5.32 Å². The third kappa shape index (κ3) is 5.89. The summed E-state index contributed by atoms with van der Waals surface area (Å²) in [6, 6.07) is 5.25. The minimum absolute atomic E-state index is 0.579. The first-order valence-corrected chi connectivity index (χ1v) is 7.29. The zero-order valence-electron chi connectivity index (χ0n) is 10.4. The summed E-state index contributed by atoms with van der Waals surface area (Å²) in [5.41, 5.74) is 0.732. The van der Waals surface area contributed by atoms with E-state index in [4.69, 9.17) is 35.4 Å². The van der Waals surface area contributed by atoms with Crippen LogP contribution in [0.3, 0.4) is 0 Å². The van der Waals surface area contributed by atoms with E-state index in [2.05, 4.69) is 17.6 Å². The number of anilines is 1. The Morgan fingerprint density at radius 3 is 2.72 bits per heavy atom. The van der Waals surface area contributed by atoms with Crippen molar-refractivity contribution in [1.29, 1.82) is 0 Å². The fraction of sp³-hybridized carbons (Fsp3) is 0.462. The van der Waals surface area contributed by atoms with Gasteiger partial charge in [0.2, 0.25) is 0 Å². The molecule has 0 fully saturated rings. The Morgan fingerprint density at radius 2 is 2.00 bits per heavy atom. The van der Waals surface area contributed by atoms with Crippen molar-refractivity contribution in [2.75, 3.05) is 11.9 Å². The van der Waals surface area contributed by atoms with Gasteiger partial charge in [0.1, 0.15) is 0 Å². The molecule has 5 heteroatoms. The van der Waals surface area contributed by atoms with E-state index in [1.165, 1.54) is 19.3 Å². The molecular formula is C13H18Cl2N2S. The Bertz CT molecular complexity index is 397. The number of unbranched alkanes of at least 4 members (excludes halogenated alkanes) is 3. The average molecular weight is 305 g/mol. The minimum atomic E-state index is 0.579. The van der Waals surface area contributed by atoms with Gasteiger partial charge in [0.05, 0.1) is 10.7 Å². The Kier molecular flexibility index (Phi) is 7.40. The summed E-state index contributed by atoms with van der Waals surface area (Å²) < 4.78 is 0. The molecule has 0 atom stereocenters. The molecule has 0 aromatic heterocycles. The predicted octanol–water partition coefficient (Wildman–Crippen LogP) is 4.86. The number of thiocarbonyl (C=S) groups is 1. The zero-order chi connectivity index (χ0) is 13.4. The van der Waals surface area contributed by atoms with Crippen LogP contribution in [0.4, 0.5) is 5.69 Å². The number of benzene rings is 1. The van der Waals surface area contributed by atoms with Crippen LogP contribution in [-0.4, -0.2) is 11.7 Å². The van der Waals surface area contributed by atoms with E-state index in [9.17, 15) is 0 Å². The molecule has 0 aliphatic carbocycles. The summed E-state index contributed by atoms with van der Waals surface area (Å²) in [5.74, 6) is 0. The second kappa shape index (κ2) is 8.57. The fourth-order valence-electron chi connectivity index (χ4n) is 1.51. The second-order valence-electron chi connectivity index (χ2n) is 4.07. The maximum atomic E-state index is 6.03. The molecule has 0 spiro atoms. The molecule has 0 amide bonds. The molecule has 1 aromatic carbocycles. The molecule has 0 bridgehead atoms. The molecule has 18 heavy (non-hydrogen) atoms. The van der Waals surface area contributed by atoms with Crippen LogP contribution in [-0.2, 0) is 0 Å². The lowest BCUT2D eigenvalue weighted by Crippen LogP contribution is -2.29. The Balaban J connectivity index is 2.33. The molecule has 0 radical (unpaired) electrons. The van der Waals surface area contributed by atoms with E-state index in [0.29, 0.717) is 15.2 Å². The van der Waals surface area contributed by atoms with Crippen LogP contribution in [0.15, 0.2) is 18.2 Å². The summed E-state index contributed by atoms with van der Waals surface area (Å²) in [4.78, 5) is 0. The molecule has 0 aliphatic heterocycles. The maximum absolute atomic E-state index is 6.03. The first-order chi connectivity index (χ1) is 8.63. The summed E-state index contributed by atoms with van der Waals surface area (Å²) in [6.45, 7) is 3.07. The first kappa shape index (κ1) is 15.5. The number of rotatable bonds is 6. The van der Waals surface area contributed by atoms with Crippen molar-refractivity contribution < 1.29 is 0 Å². The zero-order valence-corrected chi connectivity index (χ0v) is 12.8. The topological polar surface area (TPSA) is 24.1 Å². The van der Waals surface area contributed by atoms with Gasteiger partial charge in [-0.3, -0.25) is 0 Å². The smallest absolute Gasteiger partial charge is 0.170 e. The van der Waals surface area contributed by atoms with Crippen molar-refractivity contribution in [3.05, 3.63) is 28.2 Å². The van der Waals surface area contributed by atoms with E-state index in [1.54, 1.807) is 18.2 Å². The van der Waals surface area contributed by atoms with Gasteiger partial charge >= 0.3 is 0 Å². The first-order valence-electron chi connectivity index (χ1n) is 6.13. The van der Waals surface area contributed by atoms with Gasteiger partial charge in [-0.15, -0.1) is 0 Å². The molecule has 1 aromatic rings. The molecule has 0 unspecified atom stereocenters. The summed E-state index contributed by atoms with van der Waals surface area (Å²) in [5, 5.41) is 8.02. The summed E-state index contributed by atoms with van der Waals surface area (Å²) in [6.07, 6.45) is 4.85. The molecule has 100 valence electrons. The van der Waals surface area contributed by atoms with Crippen molar-refractivity contribution in [3.63, 3.8) is 0 Å². The molecular weight excluding hydrogens is 287 g/mol. The monoisotopic (exact) mass is 304 g/mol. The normalized spacial score (nSPS) is 10.2. The molecule has 0 saturated carbocycles. The van der Waals surface area contributed by atoms with Crippen LogP contribution in [0.5, 0.6) is 0 Å². The van der Waals surface area contributed by atoms with E-state index >= 15 is 0 Å². The van der Waals surface area contributed by atoms with E-state index in [-0.39, 0.29) is 0 Å². The van der Waals surface area contributed by atoms with Gasteiger partial charge in [-0.1, -0.05) is 49.4 Å². The highest BCUT2D eigenvalue weighted by Gasteiger charge is 2.03. The SMILES string of the molecule is CCCCCCNC(=S)Nc1cc(Cl)ccc1Cl. The average Bonchev–Trinajstić information content (AvgIpc) is 2.33. The van der Waals surface area contributed by atoms with Gasteiger partial charge in [-0.2, -0.15) is 0 Å². The molecule has 2 N–H and O–H groups in total. The van der Waals surface area contributed by atoms with Crippen LogP contribution in [0.25, 0.3) is 0 Å². The predicted molar refractivity (Wildman–Crippen MR) is 84.8 cm³/mol. The van der Waals surface area contributed by atoms with Crippen LogP contribution in [0.2, 0.25) is 10.0 Å². The highest BCUT2D eigenvalue weighted by Crippen LogP contribution is 2.25. The number of hydrogen-bond donors (Lipinski definition) is 2. The van der Waals surface area contributed by atoms with Crippen LogP contribution >= 0.6 is 35.4 Å². The molecule has 0 aliphatic rings. The van der Waals surface area contributed by atoms with Crippen LogP contribution in [0, 0.1) is 0 Å². The molecule has 1 rings (SSSR count). The van der Waals surface area contributed by atoms with E-state index < -0.39 is 0 Å². The lowest BCUT2D eigenvalue weighted by atomic mass is 10.2. The van der Waals surface area contributed by atoms with Gasteiger partial charge in [0.15, 0.2) is 5.11 Å². The standard InChI is InChI=1S/C13H18Cl2N2S/c1-2-3-4-5-8-16-13(18)17-12-9-10(14)6-7-11(12)15/h6-7,9H,2-5,8H2,1H3,(H2,16,17,18). The number of halogens is 2. The number of nitrogens with one attached hydrogen (secondary N) is 2. The van der Waals surface area contributed by atoms with Gasteiger partial charge in [-0.05, 0) is 36.8 Å². The summed E-state index contributed by atoms with van der Waals surface area (Å²) in [7, 11) is 0. The minimum Gasteiger partial charge on any atom is -0.362 e. The molecule has 2 nitrogen and oxygen atoms in total. The Hall–Kier alpha value is -0.510. The van der Waals surface area contributed by atoms with E-state index in [1.807, 2.05) is 0 Å². The number of hydrogen-bond acceptors (Lipinski definition) is 1. The van der Waals surface area contributed by atoms with Crippen molar-refractivity contribution in [2.24, 2.45) is 0 Å². The van der Waals surface area contributed by atoms with Gasteiger partial charge in [0.25, 0.3) is 0 Å². The maximum Gasteiger partial charge on any atom is 0.170 e. The van der Waals surface area contributed by atoms with Crippen molar-refractivity contribution in [3.8, 4) is 0 Å². The lowest BCUT2D eigenvalue weighted by molar-refractivity contribution is 0.655. The van der Waals surface area contributed by atoms with Gasteiger partial charge < -0.3 is 10.6 Å². The van der Waals surface area contributed by atoms with Gasteiger partial charge in [-0.25, -0.2) is 0 Å².